The quantitative estimate of drug-likeness (QED) is 0.341. The summed E-state index contributed by atoms with van der Waals surface area (Å²) >= 11 is 0. The number of rotatable bonds is 9. The predicted octanol–water partition coefficient (Wildman–Crippen LogP) is 5.29. The van der Waals surface area contributed by atoms with E-state index >= 15 is 0 Å². The molecule has 37 heavy (non-hydrogen) atoms. The topological polar surface area (TPSA) is 80.1 Å². The Labute approximate surface area is 218 Å². The third kappa shape index (κ3) is 5.88. The summed E-state index contributed by atoms with van der Waals surface area (Å²) in [4.78, 5) is 29.6. The Morgan fingerprint density at radius 1 is 0.946 bits per heavy atom. The molecule has 1 heterocycles. The van der Waals surface area contributed by atoms with E-state index in [1.54, 1.807) is 9.58 Å². The third-order valence-electron chi connectivity index (χ3n) is 6.73. The molecule has 4 rings (SSSR count). The molecule has 4 aromatic rings. The van der Waals surface area contributed by atoms with E-state index in [2.05, 4.69) is 29.5 Å². The van der Waals surface area contributed by atoms with Gasteiger partial charge in [0.2, 0.25) is 11.8 Å². The maximum atomic E-state index is 14.1. The highest BCUT2D eigenvalue weighted by Gasteiger charge is 2.34. The molecule has 3 aromatic carbocycles. The Balaban J connectivity index is 1.80. The highest BCUT2D eigenvalue weighted by Crippen LogP contribution is 2.32. The summed E-state index contributed by atoms with van der Waals surface area (Å²) in [5.41, 5.74) is 6.03. The molecule has 0 aliphatic carbocycles. The third-order valence-corrected chi connectivity index (χ3v) is 6.73. The molecule has 0 saturated carbocycles. The summed E-state index contributed by atoms with van der Waals surface area (Å²) in [6.45, 7) is 10.7. The molecule has 0 saturated heterocycles. The molecule has 0 fully saturated rings. The van der Waals surface area contributed by atoms with Gasteiger partial charge in [-0.3, -0.25) is 14.5 Å². The van der Waals surface area contributed by atoms with Crippen molar-refractivity contribution in [3.63, 3.8) is 0 Å². The van der Waals surface area contributed by atoms with E-state index in [1.165, 1.54) is 0 Å². The number of amides is 2. The van der Waals surface area contributed by atoms with Gasteiger partial charge < -0.3 is 5.32 Å². The minimum absolute atomic E-state index is 0.0461. The van der Waals surface area contributed by atoms with Crippen LogP contribution in [-0.2, 0) is 16.1 Å². The van der Waals surface area contributed by atoms with Gasteiger partial charge in [-0.05, 0) is 68.0 Å². The molecule has 0 bridgehead atoms. The van der Waals surface area contributed by atoms with E-state index < -0.39 is 6.04 Å². The first kappa shape index (κ1) is 26.1. The first-order valence-corrected chi connectivity index (χ1v) is 12.8. The van der Waals surface area contributed by atoms with Crippen molar-refractivity contribution in [2.75, 3.05) is 11.4 Å². The first-order valence-electron chi connectivity index (χ1n) is 12.8. The van der Waals surface area contributed by atoms with Crippen molar-refractivity contribution in [3.05, 3.63) is 89.0 Å². The van der Waals surface area contributed by atoms with Crippen molar-refractivity contribution in [2.24, 2.45) is 5.92 Å². The van der Waals surface area contributed by atoms with E-state index in [0.717, 1.165) is 39.7 Å². The van der Waals surface area contributed by atoms with E-state index in [-0.39, 0.29) is 18.4 Å². The van der Waals surface area contributed by atoms with Crippen molar-refractivity contribution in [2.45, 2.75) is 53.6 Å². The number of fused-ring (bicyclic) bond motifs is 1. The fraction of sp³-hybridized carbons (Fsp3) is 0.333. The number of carbonyl (C=O) groups is 2. The van der Waals surface area contributed by atoms with Crippen molar-refractivity contribution in [3.8, 4) is 0 Å². The lowest BCUT2D eigenvalue weighted by Crippen LogP contribution is -2.46. The van der Waals surface area contributed by atoms with Gasteiger partial charge in [0.05, 0.1) is 5.52 Å². The van der Waals surface area contributed by atoms with Crippen LogP contribution in [0, 0.1) is 26.7 Å². The maximum absolute atomic E-state index is 14.1. The molecule has 0 spiro atoms. The van der Waals surface area contributed by atoms with Gasteiger partial charge >= 0.3 is 0 Å². The second-order valence-electron chi connectivity index (χ2n) is 10.0. The van der Waals surface area contributed by atoms with E-state index in [1.807, 2.05) is 87.5 Å². The molecule has 7 heteroatoms. The largest absolute Gasteiger partial charge is 0.354 e. The Morgan fingerprint density at radius 3 is 2.41 bits per heavy atom. The summed E-state index contributed by atoms with van der Waals surface area (Å²) in [6, 6.07) is 20.3. The van der Waals surface area contributed by atoms with Gasteiger partial charge in [-0.25, -0.2) is 4.68 Å². The molecular formula is C30H35N5O2. The summed E-state index contributed by atoms with van der Waals surface area (Å²) in [5.74, 6) is 0.00613. The zero-order valence-corrected chi connectivity index (χ0v) is 22.2. The van der Waals surface area contributed by atoms with Crippen LogP contribution in [0.2, 0.25) is 0 Å². The number of nitrogens with one attached hydrogen (secondary N) is 1. The Morgan fingerprint density at radius 2 is 1.68 bits per heavy atom. The number of carbonyl (C=O) groups excluding carboxylic acids is 2. The van der Waals surface area contributed by atoms with Crippen LogP contribution in [0.5, 0.6) is 0 Å². The molecule has 192 valence electrons. The second-order valence-corrected chi connectivity index (χ2v) is 10.0. The lowest BCUT2D eigenvalue weighted by Gasteiger charge is -2.33. The normalized spacial score (nSPS) is 12.1. The molecule has 0 radical (unpaired) electrons. The molecule has 1 atom stereocenters. The fourth-order valence-electron chi connectivity index (χ4n) is 4.40. The maximum Gasteiger partial charge on any atom is 0.249 e. The van der Waals surface area contributed by atoms with Crippen LogP contribution in [-0.4, -0.2) is 33.4 Å². The first-order chi connectivity index (χ1) is 17.8. The van der Waals surface area contributed by atoms with Crippen LogP contribution in [0.1, 0.15) is 48.6 Å². The Bertz CT molecular complexity index is 1390. The minimum Gasteiger partial charge on any atom is -0.354 e. The molecule has 7 nitrogen and oxygen atoms in total. The second kappa shape index (κ2) is 11.4. The smallest absolute Gasteiger partial charge is 0.249 e. The zero-order valence-electron chi connectivity index (χ0n) is 22.2. The summed E-state index contributed by atoms with van der Waals surface area (Å²) in [7, 11) is 0. The van der Waals surface area contributed by atoms with Gasteiger partial charge in [-0.15, -0.1) is 5.10 Å². The summed E-state index contributed by atoms with van der Waals surface area (Å²) in [5, 5.41) is 11.5. The highest BCUT2D eigenvalue weighted by molar-refractivity contribution is 6.02. The molecule has 1 aromatic heterocycles. The van der Waals surface area contributed by atoms with Crippen molar-refractivity contribution in [1.29, 1.82) is 0 Å². The molecule has 1 unspecified atom stereocenters. The van der Waals surface area contributed by atoms with E-state index in [0.29, 0.717) is 18.2 Å². The van der Waals surface area contributed by atoms with Gasteiger partial charge in [0.1, 0.15) is 18.1 Å². The van der Waals surface area contributed by atoms with Crippen LogP contribution >= 0.6 is 0 Å². The van der Waals surface area contributed by atoms with Crippen molar-refractivity contribution >= 4 is 28.5 Å². The zero-order chi connectivity index (χ0) is 26.5. The number of benzene rings is 3. The monoisotopic (exact) mass is 497 g/mol. The average molecular weight is 498 g/mol. The van der Waals surface area contributed by atoms with Crippen molar-refractivity contribution in [1.82, 2.24) is 20.3 Å². The molecule has 0 aliphatic heterocycles. The fourth-order valence-corrected chi connectivity index (χ4v) is 4.40. The molecule has 0 aliphatic rings. The highest BCUT2D eigenvalue weighted by atomic mass is 16.2. The van der Waals surface area contributed by atoms with Gasteiger partial charge in [-0.1, -0.05) is 73.2 Å². The van der Waals surface area contributed by atoms with Crippen LogP contribution < -0.4 is 10.2 Å². The number of hydrogen-bond acceptors (Lipinski definition) is 4. The minimum atomic E-state index is -0.837. The lowest BCUT2D eigenvalue weighted by molar-refractivity contribution is -0.127. The SMILES string of the molecule is Cc1ccc(C(C(=O)NCCC(C)C)N(C(=O)Cn2nnc3ccccc32)c2cccc(C)c2C)cc1. The van der Waals surface area contributed by atoms with Gasteiger partial charge in [0.25, 0.3) is 0 Å². The van der Waals surface area contributed by atoms with Crippen LogP contribution in [0.25, 0.3) is 11.0 Å². The van der Waals surface area contributed by atoms with E-state index in [9.17, 15) is 9.59 Å². The Hall–Kier alpha value is -4.00. The Kier molecular flexibility index (Phi) is 8.01. The molecular weight excluding hydrogens is 462 g/mol. The van der Waals surface area contributed by atoms with Crippen LogP contribution in [0.4, 0.5) is 5.69 Å². The van der Waals surface area contributed by atoms with Crippen molar-refractivity contribution < 1.29 is 9.59 Å². The van der Waals surface area contributed by atoms with Gasteiger partial charge in [0.15, 0.2) is 0 Å². The number of hydrogen-bond donors (Lipinski definition) is 1. The number of para-hydroxylation sites is 1. The summed E-state index contributed by atoms with van der Waals surface area (Å²) < 4.78 is 1.60. The van der Waals surface area contributed by atoms with E-state index in [4.69, 9.17) is 0 Å². The number of anilines is 1. The molecule has 2 amide bonds. The predicted molar refractivity (Wildman–Crippen MR) is 147 cm³/mol. The lowest BCUT2D eigenvalue weighted by atomic mass is 9.99. The number of aryl methyl sites for hydroxylation is 2. The standard InChI is InChI=1S/C30H35N5O2/c1-20(2)17-18-31-30(37)29(24-15-13-21(3)14-16-24)35(26-12-8-9-22(4)23(26)5)28(36)19-34-27-11-7-6-10-25(27)32-33-34/h6-16,20,29H,17-19H2,1-5H3,(H,31,37). The van der Waals surface area contributed by atoms with Gasteiger partial charge in [-0.2, -0.15) is 0 Å². The number of aromatic nitrogens is 3. The van der Waals surface area contributed by atoms with Crippen LogP contribution in [0.15, 0.2) is 66.7 Å². The van der Waals surface area contributed by atoms with Gasteiger partial charge in [0, 0.05) is 12.2 Å². The molecule has 1 N–H and O–H groups in total. The number of nitrogens with zero attached hydrogens (tertiary/aromatic N) is 4. The average Bonchev–Trinajstić information content (AvgIpc) is 3.27. The van der Waals surface area contributed by atoms with Crippen LogP contribution in [0.3, 0.4) is 0 Å². The summed E-state index contributed by atoms with van der Waals surface area (Å²) in [6.07, 6.45) is 0.856.